The Morgan fingerprint density at radius 3 is 2.81 bits per heavy atom. The van der Waals surface area contributed by atoms with Gasteiger partial charge >= 0.3 is 0 Å². The molecule has 0 radical (unpaired) electrons. The van der Waals surface area contributed by atoms with Gasteiger partial charge in [0.05, 0.1) is 5.69 Å². The van der Waals surface area contributed by atoms with E-state index in [0.717, 1.165) is 22.8 Å². The summed E-state index contributed by atoms with van der Waals surface area (Å²) in [7, 11) is 1.65. The number of nitrogens with one attached hydrogen (secondary N) is 2. The molecule has 2 N–H and O–H groups in total. The fraction of sp³-hybridized carbons (Fsp3) is 0.167. The van der Waals surface area contributed by atoms with Crippen LogP contribution in [-0.4, -0.2) is 34.0 Å². The van der Waals surface area contributed by atoms with Gasteiger partial charge in [-0.05, 0) is 36.8 Å². The molecule has 0 fully saturated rings. The van der Waals surface area contributed by atoms with Crippen molar-refractivity contribution in [3.63, 3.8) is 0 Å². The molecule has 5 rings (SSSR count). The molecular formula is C24H21FN6O. The number of amides is 1. The zero-order valence-corrected chi connectivity index (χ0v) is 17.7. The lowest BCUT2D eigenvalue weighted by molar-refractivity contribution is 0.102. The van der Waals surface area contributed by atoms with Crippen molar-refractivity contribution in [2.45, 2.75) is 13.5 Å². The number of aryl methyl sites for hydroxylation is 1. The van der Waals surface area contributed by atoms with Gasteiger partial charge in [-0.25, -0.2) is 9.37 Å². The molecule has 0 aliphatic carbocycles. The van der Waals surface area contributed by atoms with Crippen LogP contribution in [0.1, 0.15) is 15.9 Å². The second kappa shape index (κ2) is 7.88. The van der Waals surface area contributed by atoms with Crippen LogP contribution in [0, 0.1) is 12.7 Å². The van der Waals surface area contributed by atoms with Crippen LogP contribution in [0.15, 0.2) is 59.7 Å². The first kappa shape index (κ1) is 19.9. The number of halogens is 1. The van der Waals surface area contributed by atoms with Gasteiger partial charge in [0, 0.05) is 48.6 Å². The molecule has 0 saturated carbocycles. The average Bonchev–Trinajstić information content (AvgIpc) is 3.32. The number of hydrogen-bond acceptors (Lipinski definition) is 5. The van der Waals surface area contributed by atoms with E-state index in [9.17, 15) is 4.79 Å². The molecule has 8 heteroatoms. The van der Waals surface area contributed by atoms with Gasteiger partial charge in [0.15, 0.2) is 5.82 Å². The Kier molecular flexibility index (Phi) is 4.89. The molecule has 0 saturated heterocycles. The Balaban J connectivity index is 1.65. The van der Waals surface area contributed by atoms with Crippen LogP contribution in [0.2, 0.25) is 0 Å². The molecule has 0 bridgehead atoms. The number of nitrogens with zero attached hydrogens (tertiary/aromatic N) is 4. The summed E-state index contributed by atoms with van der Waals surface area (Å²) >= 11 is 0. The van der Waals surface area contributed by atoms with Crippen LogP contribution in [-0.2, 0) is 6.54 Å². The predicted octanol–water partition coefficient (Wildman–Crippen LogP) is 3.71. The lowest BCUT2D eigenvalue weighted by Crippen LogP contribution is -2.17. The predicted molar refractivity (Wildman–Crippen MR) is 121 cm³/mol. The summed E-state index contributed by atoms with van der Waals surface area (Å²) < 4.78 is 17.8. The summed E-state index contributed by atoms with van der Waals surface area (Å²) in [5.41, 5.74) is 3.68. The molecule has 2 aromatic rings. The number of rotatable bonds is 3. The summed E-state index contributed by atoms with van der Waals surface area (Å²) in [6, 6.07) is 14.0. The summed E-state index contributed by atoms with van der Waals surface area (Å²) in [6.07, 6.45) is 1.70. The quantitative estimate of drug-likeness (QED) is 0.521. The molecule has 3 heterocycles. The topological polar surface area (TPSA) is 84.2 Å². The minimum atomic E-state index is -0.480. The average molecular weight is 428 g/mol. The maximum absolute atomic E-state index is 15.8. The van der Waals surface area contributed by atoms with Gasteiger partial charge in [-0.15, -0.1) is 0 Å². The van der Waals surface area contributed by atoms with Crippen molar-refractivity contribution in [2.24, 2.45) is 4.99 Å². The van der Waals surface area contributed by atoms with Crippen LogP contribution in [0.3, 0.4) is 0 Å². The Hall–Kier alpha value is -4.07. The van der Waals surface area contributed by atoms with Crippen molar-refractivity contribution in [1.82, 2.24) is 14.5 Å². The van der Waals surface area contributed by atoms with Gasteiger partial charge in [-0.1, -0.05) is 24.3 Å². The first-order valence-corrected chi connectivity index (χ1v) is 10.3. The number of anilines is 2. The standard InChI is InChI=1S/C24H21FN6O/c1-14-8-9-18(29-23(32)15-6-4-3-5-7-15)20(25)19(14)17-12-16-13-28-24(26-2)30-21(16)31-11-10-27-22(17)31/h3-9,12-13,27H,10-11H2,1-2H3,(H,29,32). The summed E-state index contributed by atoms with van der Waals surface area (Å²) in [4.78, 5) is 25.5. The maximum atomic E-state index is 15.8. The number of aromatic nitrogens is 3. The SMILES string of the molecule is CN=c1ncc2cc(-c3c(C)ccc(NC(=O)c4ccccc4)c3F)c3n(c-2n1)CCN3. The molecule has 7 nitrogen and oxygen atoms in total. The number of benzene rings is 2. The Bertz CT molecular complexity index is 1380. The highest BCUT2D eigenvalue weighted by Crippen LogP contribution is 2.40. The molecule has 0 atom stereocenters. The molecule has 3 aliphatic rings. The van der Waals surface area contributed by atoms with Crippen molar-refractivity contribution < 1.29 is 9.18 Å². The van der Waals surface area contributed by atoms with Crippen molar-refractivity contribution in [2.75, 3.05) is 24.2 Å². The Morgan fingerprint density at radius 2 is 2.03 bits per heavy atom. The van der Waals surface area contributed by atoms with E-state index in [1.165, 1.54) is 0 Å². The Morgan fingerprint density at radius 1 is 1.22 bits per heavy atom. The van der Waals surface area contributed by atoms with Crippen molar-refractivity contribution in [3.8, 4) is 22.5 Å². The second-order valence-corrected chi connectivity index (χ2v) is 7.60. The molecule has 0 spiro atoms. The zero-order valence-electron chi connectivity index (χ0n) is 17.7. The molecule has 0 unspecified atom stereocenters. The van der Waals surface area contributed by atoms with E-state index in [1.807, 2.05) is 29.7 Å². The number of pyridine rings is 1. The lowest BCUT2D eigenvalue weighted by atomic mass is 9.97. The van der Waals surface area contributed by atoms with E-state index in [-0.39, 0.29) is 11.6 Å². The van der Waals surface area contributed by atoms with Crippen LogP contribution in [0.4, 0.5) is 15.9 Å². The fourth-order valence-corrected chi connectivity index (χ4v) is 4.04. The summed E-state index contributed by atoms with van der Waals surface area (Å²) in [5, 5.41) is 6.06. The number of hydrogen-bond donors (Lipinski definition) is 2. The monoisotopic (exact) mass is 428 g/mol. The molecule has 0 aromatic heterocycles. The molecule has 160 valence electrons. The van der Waals surface area contributed by atoms with Crippen LogP contribution in [0.25, 0.3) is 22.5 Å². The third-order valence-electron chi connectivity index (χ3n) is 5.60. The van der Waals surface area contributed by atoms with Crippen molar-refractivity contribution in [3.05, 3.63) is 77.3 Å². The van der Waals surface area contributed by atoms with Crippen LogP contribution >= 0.6 is 0 Å². The van der Waals surface area contributed by atoms with E-state index >= 15 is 4.39 Å². The third-order valence-corrected chi connectivity index (χ3v) is 5.60. The zero-order chi connectivity index (χ0) is 22.2. The van der Waals surface area contributed by atoms with E-state index in [0.29, 0.717) is 35.4 Å². The summed E-state index contributed by atoms with van der Waals surface area (Å²) in [6.45, 7) is 3.26. The molecule has 2 aromatic carbocycles. The highest BCUT2D eigenvalue weighted by atomic mass is 19.1. The number of carbonyl (C=O) groups is 1. The van der Waals surface area contributed by atoms with Gasteiger partial charge in [0.2, 0.25) is 5.62 Å². The van der Waals surface area contributed by atoms with E-state index in [1.54, 1.807) is 43.6 Å². The molecular weight excluding hydrogens is 407 g/mol. The van der Waals surface area contributed by atoms with Crippen LogP contribution in [0.5, 0.6) is 0 Å². The van der Waals surface area contributed by atoms with E-state index < -0.39 is 5.82 Å². The first-order valence-electron chi connectivity index (χ1n) is 10.3. The number of fused-ring (bicyclic) bond motifs is 3. The normalized spacial score (nSPS) is 13.2. The highest BCUT2D eigenvalue weighted by Gasteiger charge is 2.25. The highest BCUT2D eigenvalue weighted by molar-refractivity contribution is 6.04. The fourth-order valence-electron chi connectivity index (χ4n) is 4.04. The largest absolute Gasteiger partial charge is 0.369 e. The number of carbonyl (C=O) groups excluding carboxylic acids is 1. The van der Waals surface area contributed by atoms with E-state index in [4.69, 9.17) is 0 Å². The van der Waals surface area contributed by atoms with Crippen LogP contribution < -0.4 is 16.3 Å². The van der Waals surface area contributed by atoms with Gasteiger partial charge in [-0.2, -0.15) is 4.98 Å². The third kappa shape index (κ3) is 3.30. The molecule has 32 heavy (non-hydrogen) atoms. The van der Waals surface area contributed by atoms with Crippen molar-refractivity contribution in [1.29, 1.82) is 0 Å². The molecule has 3 aliphatic heterocycles. The lowest BCUT2D eigenvalue weighted by Gasteiger charge is -2.19. The first-order chi connectivity index (χ1) is 15.6. The summed E-state index contributed by atoms with van der Waals surface area (Å²) in [5.74, 6) is 0.689. The Labute approximate surface area is 184 Å². The van der Waals surface area contributed by atoms with Crippen molar-refractivity contribution >= 4 is 17.4 Å². The minimum absolute atomic E-state index is 0.132. The maximum Gasteiger partial charge on any atom is 0.255 e. The van der Waals surface area contributed by atoms with Gasteiger partial charge in [0.25, 0.3) is 5.91 Å². The van der Waals surface area contributed by atoms with Gasteiger partial charge in [0.1, 0.15) is 11.6 Å². The molecule has 1 amide bonds. The smallest absolute Gasteiger partial charge is 0.255 e. The second-order valence-electron chi connectivity index (χ2n) is 7.60. The minimum Gasteiger partial charge on any atom is -0.369 e. The van der Waals surface area contributed by atoms with Gasteiger partial charge < -0.3 is 15.2 Å². The van der Waals surface area contributed by atoms with E-state index in [2.05, 4.69) is 25.6 Å². The van der Waals surface area contributed by atoms with Gasteiger partial charge in [-0.3, -0.25) is 9.79 Å².